The van der Waals surface area contributed by atoms with E-state index in [0.29, 0.717) is 5.92 Å². The highest BCUT2D eigenvalue weighted by molar-refractivity contribution is 5.81. The molecule has 0 spiro atoms. The maximum absolute atomic E-state index is 11.1. The van der Waals surface area contributed by atoms with Crippen molar-refractivity contribution in [1.82, 2.24) is 0 Å². The van der Waals surface area contributed by atoms with Gasteiger partial charge in [0.2, 0.25) is 0 Å². The fourth-order valence-corrected chi connectivity index (χ4v) is 1.78. The van der Waals surface area contributed by atoms with Crippen molar-refractivity contribution in [3.63, 3.8) is 0 Å². The average Bonchev–Trinajstić information content (AvgIpc) is 2.09. The van der Waals surface area contributed by atoms with Gasteiger partial charge in [0, 0.05) is 6.08 Å². The van der Waals surface area contributed by atoms with E-state index in [4.69, 9.17) is 4.74 Å². The molecule has 2 atom stereocenters. The van der Waals surface area contributed by atoms with Gasteiger partial charge in [0.15, 0.2) is 0 Å². The Hall–Kier alpha value is -0.790. The Bertz CT molecular complexity index is 196. The van der Waals surface area contributed by atoms with Gasteiger partial charge in [-0.1, -0.05) is 19.4 Å². The second-order valence-corrected chi connectivity index (χ2v) is 3.74. The Balaban J connectivity index is 2.37. The van der Waals surface area contributed by atoms with Gasteiger partial charge >= 0.3 is 5.97 Å². The highest BCUT2D eigenvalue weighted by Crippen LogP contribution is 2.26. The summed E-state index contributed by atoms with van der Waals surface area (Å²) in [5.74, 6) is 0.337. The van der Waals surface area contributed by atoms with Crippen molar-refractivity contribution < 1.29 is 9.53 Å². The molecule has 13 heavy (non-hydrogen) atoms. The van der Waals surface area contributed by atoms with Crippen LogP contribution in [0.15, 0.2) is 12.2 Å². The topological polar surface area (TPSA) is 26.3 Å². The van der Waals surface area contributed by atoms with Gasteiger partial charge in [-0.15, -0.1) is 0 Å². The van der Waals surface area contributed by atoms with Crippen LogP contribution in [0.1, 0.15) is 39.5 Å². The summed E-state index contributed by atoms with van der Waals surface area (Å²) in [6, 6.07) is 0. The fourth-order valence-electron chi connectivity index (χ4n) is 1.78. The van der Waals surface area contributed by atoms with Gasteiger partial charge in [0.1, 0.15) is 6.10 Å². The van der Waals surface area contributed by atoms with Crippen molar-refractivity contribution in [2.75, 3.05) is 0 Å². The molecular formula is C11H18O2. The summed E-state index contributed by atoms with van der Waals surface area (Å²) >= 11 is 0. The second kappa shape index (κ2) is 5.05. The molecule has 0 heterocycles. The quantitative estimate of drug-likeness (QED) is 0.485. The number of hydrogen-bond acceptors (Lipinski definition) is 2. The maximum Gasteiger partial charge on any atom is 0.330 e. The summed E-state index contributed by atoms with van der Waals surface area (Å²) in [6.45, 7) is 3.98. The summed E-state index contributed by atoms with van der Waals surface area (Å²) in [5, 5.41) is 0. The third-order valence-electron chi connectivity index (χ3n) is 2.60. The number of allylic oxidation sites excluding steroid dienone is 1. The average molecular weight is 182 g/mol. The largest absolute Gasteiger partial charge is 0.459 e. The number of rotatable bonds is 2. The number of ether oxygens (including phenoxy) is 1. The van der Waals surface area contributed by atoms with Crippen molar-refractivity contribution in [3.8, 4) is 0 Å². The lowest BCUT2D eigenvalue weighted by Gasteiger charge is -2.27. The van der Waals surface area contributed by atoms with Gasteiger partial charge in [0.25, 0.3) is 0 Å². The van der Waals surface area contributed by atoms with Crippen LogP contribution in [0.2, 0.25) is 0 Å². The molecule has 74 valence electrons. The Kier molecular flexibility index (Phi) is 4.00. The van der Waals surface area contributed by atoms with E-state index in [1.54, 1.807) is 6.08 Å². The molecule has 1 saturated carbocycles. The molecule has 1 aliphatic rings. The first kappa shape index (κ1) is 10.3. The van der Waals surface area contributed by atoms with Crippen molar-refractivity contribution in [3.05, 3.63) is 12.2 Å². The van der Waals surface area contributed by atoms with E-state index >= 15 is 0 Å². The van der Waals surface area contributed by atoms with Crippen LogP contribution in [0.25, 0.3) is 0 Å². The Morgan fingerprint density at radius 1 is 1.38 bits per heavy atom. The molecule has 2 heteroatoms. The van der Waals surface area contributed by atoms with E-state index in [1.807, 2.05) is 6.92 Å². The lowest BCUT2D eigenvalue weighted by molar-refractivity contribution is -0.147. The Morgan fingerprint density at radius 3 is 2.69 bits per heavy atom. The van der Waals surface area contributed by atoms with E-state index in [9.17, 15) is 4.79 Å². The molecule has 0 N–H and O–H groups in total. The molecule has 0 aromatic rings. The standard InChI is InChI=1S/C11H18O2/c1-3-6-11(12)13-10-8-5-4-7-9(10)2/h3,6,9-10H,4-5,7-8H2,1-2H3. The molecule has 2 nitrogen and oxygen atoms in total. The van der Waals surface area contributed by atoms with E-state index in [-0.39, 0.29) is 12.1 Å². The number of esters is 1. The van der Waals surface area contributed by atoms with E-state index in [1.165, 1.54) is 25.3 Å². The maximum atomic E-state index is 11.1. The minimum atomic E-state index is -0.193. The zero-order valence-corrected chi connectivity index (χ0v) is 8.45. The molecule has 2 unspecified atom stereocenters. The predicted molar refractivity (Wildman–Crippen MR) is 52.3 cm³/mol. The minimum Gasteiger partial charge on any atom is -0.459 e. The van der Waals surface area contributed by atoms with Gasteiger partial charge in [0.05, 0.1) is 0 Å². The summed E-state index contributed by atoms with van der Waals surface area (Å²) in [7, 11) is 0. The lowest BCUT2D eigenvalue weighted by atomic mass is 9.88. The smallest absolute Gasteiger partial charge is 0.330 e. The molecule has 0 aromatic carbocycles. The fraction of sp³-hybridized carbons (Fsp3) is 0.727. The lowest BCUT2D eigenvalue weighted by Crippen LogP contribution is -2.27. The van der Waals surface area contributed by atoms with Crippen molar-refractivity contribution >= 4 is 5.97 Å². The molecule has 0 bridgehead atoms. The molecule has 0 saturated heterocycles. The zero-order valence-electron chi connectivity index (χ0n) is 8.45. The van der Waals surface area contributed by atoms with E-state index < -0.39 is 0 Å². The molecule has 0 aliphatic heterocycles. The predicted octanol–water partition coefficient (Wildman–Crippen LogP) is 2.68. The monoisotopic (exact) mass is 182 g/mol. The molecular weight excluding hydrogens is 164 g/mol. The number of hydrogen-bond donors (Lipinski definition) is 0. The second-order valence-electron chi connectivity index (χ2n) is 3.74. The molecule has 0 aromatic heterocycles. The zero-order chi connectivity index (χ0) is 9.68. The van der Waals surface area contributed by atoms with Gasteiger partial charge in [-0.2, -0.15) is 0 Å². The van der Waals surface area contributed by atoms with Crippen LogP contribution < -0.4 is 0 Å². The third-order valence-corrected chi connectivity index (χ3v) is 2.60. The molecule has 1 aliphatic carbocycles. The van der Waals surface area contributed by atoms with Crippen molar-refractivity contribution in [2.45, 2.75) is 45.6 Å². The highest BCUT2D eigenvalue weighted by atomic mass is 16.5. The molecule has 1 rings (SSSR count). The third kappa shape index (κ3) is 3.21. The van der Waals surface area contributed by atoms with Crippen molar-refractivity contribution in [2.24, 2.45) is 5.92 Å². The van der Waals surface area contributed by atoms with Crippen LogP contribution >= 0.6 is 0 Å². The molecule has 0 amide bonds. The van der Waals surface area contributed by atoms with Crippen LogP contribution in [-0.2, 0) is 9.53 Å². The van der Waals surface area contributed by atoms with E-state index in [2.05, 4.69) is 6.92 Å². The first-order chi connectivity index (χ1) is 6.24. The summed E-state index contributed by atoms with van der Waals surface area (Å²) in [4.78, 5) is 11.1. The van der Waals surface area contributed by atoms with Crippen molar-refractivity contribution in [1.29, 1.82) is 0 Å². The number of carbonyl (C=O) groups is 1. The van der Waals surface area contributed by atoms with Gasteiger partial charge in [-0.25, -0.2) is 4.79 Å². The van der Waals surface area contributed by atoms with Gasteiger partial charge in [-0.3, -0.25) is 0 Å². The Labute approximate surface area is 80.0 Å². The van der Waals surface area contributed by atoms with Gasteiger partial charge in [-0.05, 0) is 32.1 Å². The van der Waals surface area contributed by atoms with Crippen LogP contribution in [0.3, 0.4) is 0 Å². The van der Waals surface area contributed by atoms with Crippen LogP contribution in [-0.4, -0.2) is 12.1 Å². The van der Waals surface area contributed by atoms with E-state index in [0.717, 1.165) is 6.42 Å². The minimum absolute atomic E-state index is 0.150. The van der Waals surface area contributed by atoms with Gasteiger partial charge < -0.3 is 4.74 Å². The summed E-state index contributed by atoms with van der Waals surface area (Å²) in [5.41, 5.74) is 0. The molecule has 0 radical (unpaired) electrons. The normalized spacial score (nSPS) is 29.1. The van der Waals surface area contributed by atoms with Crippen LogP contribution in [0, 0.1) is 5.92 Å². The summed E-state index contributed by atoms with van der Waals surface area (Å²) < 4.78 is 5.32. The summed E-state index contributed by atoms with van der Waals surface area (Å²) in [6.07, 6.45) is 8.05. The van der Waals surface area contributed by atoms with Crippen LogP contribution in [0.4, 0.5) is 0 Å². The first-order valence-corrected chi connectivity index (χ1v) is 5.07. The highest BCUT2D eigenvalue weighted by Gasteiger charge is 2.23. The van der Waals surface area contributed by atoms with Crippen LogP contribution in [0.5, 0.6) is 0 Å². The first-order valence-electron chi connectivity index (χ1n) is 5.07. The molecule has 1 fully saturated rings. The Morgan fingerprint density at radius 2 is 2.08 bits per heavy atom. The SMILES string of the molecule is CC=CC(=O)OC1CCCCC1C. The number of carbonyl (C=O) groups excluding carboxylic acids is 1.